The van der Waals surface area contributed by atoms with Gasteiger partial charge in [-0.1, -0.05) is 48.5 Å². The zero-order valence-electron chi connectivity index (χ0n) is 12.8. The van der Waals surface area contributed by atoms with Crippen molar-refractivity contribution in [3.8, 4) is 0 Å². The highest BCUT2D eigenvalue weighted by Crippen LogP contribution is 2.32. The summed E-state index contributed by atoms with van der Waals surface area (Å²) in [7, 11) is 0. The number of pyridine rings is 1. The van der Waals surface area contributed by atoms with Crippen LogP contribution in [0.4, 0.5) is 0 Å². The van der Waals surface area contributed by atoms with Gasteiger partial charge in [0.15, 0.2) is 5.78 Å². The van der Waals surface area contributed by atoms with E-state index in [-0.39, 0.29) is 17.6 Å². The summed E-state index contributed by atoms with van der Waals surface area (Å²) < 4.78 is 0. The average Bonchev–Trinajstić information content (AvgIpc) is 3.11. The van der Waals surface area contributed by atoms with Crippen LogP contribution in [0.1, 0.15) is 21.8 Å². The molecule has 1 saturated heterocycles. The number of carbonyl (C=O) groups is 1. The first-order chi connectivity index (χ1) is 11.3. The highest BCUT2D eigenvalue weighted by molar-refractivity contribution is 6.09. The number of fused-ring (bicyclic) bond motifs is 1. The molecule has 0 radical (unpaired) electrons. The largest absolute Gasteiger partial charge is 0.315 e. The van der Waals surface area contributed by atoms with Crippen LogP contribution in [0.25, 0.3) is 10.8 Å². The third-order valence-electron chi connectivity index (χ3n) is 4.72. The molecule has 0 unspecified atom stereocenters. The van der Waals surface area contributed by atoms with E-state index in [0.29, 0.717) is 0 Å². The van der Waals surface area contributed by atoms with E-state index < -0.39 is 0 Å². The number of hydrogen-bond donors (Lipinski definition) is 1. The molecule has 3 aromatic rings. The lowest BCUT2D eigenvalue weighted by molar-refractivity contribution is 0.0922. The monoisotopic (exact) mass is 302 g/mol. The van der Waals surface area contributed by atoms with Crippen molar-refractivity contribution in [2.24, 2.45) is 5.92 Å². The molecule has 1 aliphatic rings. The maximum Gasteiger partial charge on any atom is 0.168 e. The van der Waals surface area contributed by atoms with Gasteiger partial charge in [0.1, 0.15) is 0 Å². The van der Waals surface area contributed by atoms with Gasteiger partial charge in [0.05, 0.1) is 0 Å². The van der Waals surface area contributed by atoms with Crippen LogP contribution in [0.2, 0.25) is 0 Å². The Balaban J connectivity index is 1.73. The minimum atomic E-state index is -0.0174. The van der Waals surface area contributed by atoms with Gasteiger partial charge in [-0.2, -0.15) is 0 Å². The summed E-state index contributed by atoms with van der Waals surface area (Å²) >= 11 is 0. The number of aromatic nitrogens is 1. The van der Waals surface area contributed by atoms with Gasteiger partial charge in [0, 0.05) is 48.3 Å². The van der Waals surface area contributed by atoms with Crippen LogP contribution in [0.15, 0.2) is 67.0 Å². The molecule has 1 fully saturated rings. The number of carbonyl (C=O) groups excluding carboxylic acids is 1. The van der Waals surface area contributed by atoms with Gasteiger partial charge in [0.25, 0.3) is 0 Å². The quantitative estimate of drug-likeness (QED) is 0.754. The Bertz CT molecular complexity index is 839. The Morgan fingerprint density at radius 1 is 1.00 bits per heavy atom. The molecule has 2 aromatic carbocycles. The van der Waals surface area contributed by atoms with Crippen molar-refractivity contribution in [2.45, 2.75) is 5.92 Å². The highest BCUT2D eigenvalue weighted by Gasteiger charge is 2.34. The molecule has 3 heteroatoms. The number of nitrogens with one attached hydrogen (secondary N) is 1. The minimum Gasteiger partial charge on any atom is -0.315 e. The number of benzene rings is 2. The Labute approximate surface area is 135 Å². The van der Waals surface area contributed by atoms with Crippen molar-refractivity contribution in [1.29, 1.82) is 0 Å². The molecule has 3 nitrogen and oxygen atoms in total. The van der Waals surface area contributed by atoms with Gasteiger partial charge in [-0.15, -0.1) is 0 Å². The lowest BCUT2D eigenvalue weighted by Crippen LogP contribution is -2.22. The van der Waals surface area contributed by atoms with E-state index in [9.17, 15) is 4.79 Å². The second-order valence-corrected chi connectivity index (χ2v) is 6.05. The number of Topliss-reactive ketones (excluding diaryl/α,β-unsaturated/α-hetero) is 1. The fourth-order valence-electron chi connectivity index (χ4n) is 3.54. The SMILES string of the molecule is O=C(c1cccc2cnccc12)[C@H]1CNC[C@@H]1c1ccccc1. The van der Waals surface area contributed by atoms with Crippen LogP contribution in [0.5, 0.6) is 0 Å². The van der Waals surface area contributed by atoms with Crippen LogP contribution in [0, 0.1) is 5.92 Å². The molecule has 0 aliphatic carbocycles. The number of ketones is 1. The molecule has 23 heavy (non-hydrogen) atoms. The van der Waals surface area contributed by atoms with Crippen LogP contribution in [-0.4, -0.2) is 23.9 Å². The number of nitrogens with zero attached hydrogens (tertiary/aromatic N) is 1. The second kappa shape index (κ2) is 5.94. The predicted octanol–water partition coefficient (Wildman–Crippen LogP) is 3.42. The number of rotatable bonds is 3. The molecule has 0 bridgehead atoms. The molecule has 0 amide bonds. The van der Waals surface area contributed by atoms with Crippen LogP contribution < -0.4 is 5.32 Å². The van der Waals surface area contributed by atoms with E-state index in [1.54, 1.807) is 6.20 Å². The molecule has 1 N–H and O–H groups in total. The van der Waals surface area contributed by atoms with E-state index in [1.165, 1.54) is 5.56 Å². The highest BCUT2D eigenvalue weighted by atomic mass is 16.1. The fraction of sp³-hybridized carbons (Fsp3) is 0.200. The predicted molar refractivity (Wildman–Crippen MR) is 91.6 cm³/mol. The lowest BCUT2D eigenvalue weighted by Gasteiger charge is -2.18. The molecule has 0 saturated carbocycles. The standard InChI is InChI=1S/C20H18N2O/c23-20(17-8-4-7-15-11-21-10-9-16(15)17)19-13-22-12-18(19)14-5-2-1-3-6-14/h1-11,18-19,22H,12-13H2/t18-,19+/m1/s1. The van der Waals surface area contributed by atoms with Gasteiger partial charge in [-0.05, 0) is 17.0 Å². The summed E-state index contributed by atoms with van der Waals surface area (Å²) in [6, 6.07) is 18.1. The minimum absolute atomic E-state index is 0.0174. The van der Waals surface area contributed by atoms with Crippen LogP contribution in [0.3, 0.4) is 0 Å². The Hall–Kier alpha value is -2.52. The molecule has 0 spiro atoms. The molecule has 4 rings (SSSR count). The molecular weight excluding hydrogens is 284 g/mol. The molecule has 114 valence electrons. The van der Waals surface area contributed by atoms with E-state index in [4.69, 9.17) is 0 Å². The first kappa shape index (κ1) is 14.1. The van der Waals surface area contributed by atoms with Crippen molar-refractivity contribution >= 4 is 16.6 Å². The van der Waals surface area contributed by atoms with Gasteiger partial charge in [0.2, 0.25) is 0 Å². The number of hydrogen-bond acceptors (Lipinski definition) is 3. The first-order valence-corrected chi connectivity index (χ1v) is 7.97. The summed E-state index contributed by atoms with van der Waals surface area (Å²) in [4.78, 5) is 17.3. The van der Waals surface area contributed by atoms with Crippen molar-refractivity contribution in [3.63, 3.8) is 0 Å². The molecule has 1 aliphatic heterocycles. The lowest BCUT2D eigenvalue weighted by atomic mass is 9.83. The zero-order chi connectivity index (χ0) is 15.6. The van der Waals surface area contributed by atoms with Crippen molar-refractivity contribution in [3.05, 3.63) is 78.1 Å². The third kappa shape index (κ3) is 2.53. The van der Waals surface area contributed by atoms with Gasteiger partial charge < -0.3 is 5.32 Å². The van der Waals surface area contributed by atoms with Crippen molar-refractivity contribution in [1.82, 2.24) is 10.3 Å². The van der Waals surface area contributed by atoms with Crippen LogP contribution >= 0.6 is 0 Å². The van der Waals surface area contributed by atoms with Gasteiger partial charge in [-0.25, -0.2) is 0 Å². The Morgan fingerprint density at radius 2 is 1.87 bits per heavy atom. The third-order valence-corrected chi connectivity index (χ3v) is 4.72. The van der Waals surface area contributed by atoms with E-state index in [2.05, 4.69) is 22.4 Å². The van der Waals surface area contributed by atoms with Gasteiger partial charge in [-0.3, -0.25) is 9.78 Å². The summed E-state index contributed by atoms with van der Waals surface area (Å²) in [6.45, 7) is 1.59. The molecule has 2 atom stereocenters. The Morgan fingerprint density at radius 3 is 2.74 bits per heavy atom. The normalized spacial score (nSPS) is 20.7. The molecular formula is C20H18N2O. The zero-order valence-corrected chi connectivity index (χ0v) is 12.8. The summed E-state index contributed by atoms with van der Waals surface area (Å²) in [5.74, 6) is 0.442. The van der Waals surface area contributed by atoms with Crippen LogP contribution in [-0.2, 0) is 0 Å². The van der Waals surface area contributed by atoms with Gasteiger partial charge >= 0.3 is 0 Å². The maximum atomic E-state index is 13.2. The summed E-state index contributed by atoms with van der Waals surface area (Å²) in [5.41, 5.74) is 2.04. The topological polar surface area (TPSA) is 42.0 Å². The summed E-state index contributed by atoms with van der Waals surface area (Å²) in [5, 5.41) is 5.39. The first-order valence-electron chi connectivity index (χ1n) is 7.97. The Kier molecular flexibility index (Phi) is 3.64. The smallest absolute Gasteiger partial charge is 0.168 e. The second-order valence-electron chi connectivity index (χ2n) is 6.05. The summed E-state index contributed by atoms with van der Waals surface area (Å²) in [6.07, 6.45) is 3.56. The molecule has 1 aromatic heterocycles. The molecule has 2 heterocycles. The van der Waals surface area contributed by atoms with E-state index in [0.717, 1.165) is 29.4 Å². The maximum absolute atomic E-state index is 13.2. The van der Waals surface area contributed by atoms with Crippen molar-refractivity contribution in [2.75, 3.05) is 13.1 Å². The van der Waals surface area contributed by atoms with E-state index in [1.807, 2.05) is 48.7 Å². The van der Waals surface area contributed by atoms with E-state index >= 15 is 0 Å². The average molecular weight is 302 g/mol. The van der Waals surface area contributed by atoms with Crippen molar-refractivity contribution < 1.29 is 4.79 Å². The fourth-order valence-corrected chi connectivity index (χ4v) is 3.54.